The van der Waals surface area contributed by atoms with Gasteiger partial charge in [0.15, 0.2) is 11.8 Å². The number of carbonyl (C=O) groups is 2. The Morgan fingerprint density at radius 2 is 1.86 bits per heavy atom. The number of nitrogens with one attached hydrogen (secondary N) is 1. The summed E-state index contributed by atoms with van der Waals surface area (Å²) in [7, 11) is 1.55. The van der Waals surface area contributed by atoms with Gasteiger partial charge in [-0.2, -0.15) is 10.4 Å². The second-order valence-electron chi connectivity index (χ2n) is 6.09. The summed E-state index contributed by atoms with van der Waals surface area (Å²) in [5.74, 6) is -1.24. The molecule has 1 aromatic heterocycles. The summed E-state index contributed by atoms with van der Waals surface area (Å²) >= 11 is 1.52. The molecule has 0 saturated carbocycles. The van der Waals surface area contributed by atoms with E-state index in [1.54, 1.807) is 13.1 Å². The molecule has 7 nitrogen and oxygen atoms in total. The van der Waals surface area contributed by atoms with Gasteiger partial charge in [-0.1, -0.05) is 42.1 Å². The van der Waals surface area contributed by atoms with E-state index in [0.717, 1.165) is 9.79 Å². The fraction of sp³-hybridized carbons (Fsp3) is 0.143. The van der Waals surface area contributed by atoms with Crippen molar-refractivity contribution in [3.05, 3.63) is 72.1 Å². The number of carbonyl (C=O) groups excluding carboxylic acids is 2. The molecule has 0 radical (unpaired) electrons. The molecule has 3 aromatic rings. The van der Waals surface area contributed by atoms with E-state index in [1.807, 2.05) is 54.6 Å². The molecular weight excluding hydrogens is 388 g/mol. The number of hydrogen-bond acceptors (Lipinski definition) is 6. The van der Waals surface area contributed by atoms with Crippen LogP contribution in [0.25, 0.3) is 0 Å². The zero-order chi connectivity index (χ0) is 20.8. The van der Waals surface area contributed by atoms with E-state index in [9.17, 15) is 9.59 Å². The van der Waals surface area contributed by atoms with Crippen molar-refractivity contribution in [3.8, 4) is 6.07 Å². The topological polar surface area (TPSA) is 97.0 Å². The molecule has 146 valence electrons. The molecule has 1 N–H and O–H groups in total. The Bertz CT molecular complexity index is 1070. The van der Waals surface area contributed by atoms with Crippen LogP contribution in [0.15, 0.2) is 70.6 Å². The first-order chi connectivity index (χ1) is 14.0. The largest absolute Gasteiger partial charge is 0.449 e. The standard InChI is InChI=1S/C21H18N4O3S/c1-14(28-21(27)16-13-23-25(2)18(16)12-22)20(26)24-17-10-6-7-11-19(17)29-15-8-4-3-5-9-15/h3-11,13-14H,1-2H3,(H,24,26). The lowest BCUT2D eigenvalue weighted by Gasteiger charge is -2.15. The molecule has 0 spiro atoms. The van der Waals surface area contributed by atoms with Gasteiger partial charge in [0.1, 0.15) is 11.6 Å². The van der Waals surface area contributed by atoms with Crippen molar-refractivity contribution in [3.63, 3.8) is 0 Å². The Kier molecular flexibility index (Phi) is 6.32. The highest BCUT2D eigenvalue weighted by atomic mass is 32.2. The summed E-state index contributed by atoms with van der Waals surface area (Å²) in [5, 5.41) is 15.8. The normalized spacial score (nSPS) is 11.3. The van der Waals surface area contributed by atoms with Crippen molar-refractivity contribution in [2.24, 2.45) is 7.05 Å². The predicted molar refractivity (Wildman–Crippen MR) is 108 cm³/mol. The minimum atomic E-state index is -1.05. The van der Waals surface area contributed by atoms with Crippen LogP contribution in [0.4, 0.5) is 5.69 Å². The van der Waals surface area contributed by atoms with Gasteiger partial charge in [-0.05, 0) is 31.2 Å². The Hall–Kier alpha value is -3.57. The van der Waals surface area contributed by atoms with Crippen molar-refractivity contribution < 1.29 is 14.3 Å². The highest BCUT2D eigenvalue weighted by molar-refractivity contribution is 7.99. The van der Waals surface area contributed by atoms with Gasteiger partial charge in [-0.3, -0.25) is 9.48 Å². The maximum absolute atomic E-state index is 12.6. The Morgan fingerprint density at radius 3 is 2.59 bits per heavy atom. The average molecular weight is 406 g/mol. The molecular formula is C21H18N4O3S. The number of nitrogens with zero attached hydrogens (tertiary/aromatic N) is 3. The minimum Gasteiger partial charge on any atom is -0.449 e. The van der Waals surface area contributed by atoms with E-state index < -0.39 is 18.0 Å². The van der Waals surface area contributed by atoms with Gasteiger partial charge in [0.05, 0.1) is 11.9 Å². The molecule has 0 saturated heterocycles. The van der Waals surface area contributed by atoms with E-state index in [1.165, 1.54) is 29.6 Å². The third-order valence-electron chi connectivity index (χ3n) is 4.03. The summed E-state index contributed by atoms with van der Waals surface area (Å²) in [6, 6.07) is 19.1. The van der Waals surface area contributed by atoms with Crippen LogP contribution >= 0.6 is 11.8 Å². The summed E-state index contributed by atoms with van der Waals surface area (Å²) in [4.78, 5) is 26.8. The first kappa shape index (κ1) is 20.2. The van der Waals surface area contributed by atoms with Crippen molar-refractivity contribution in [1.29, 1.82) is 5.26 Å². The zero-order valence-corrected chi connectivity index (χ0v) is 16.6. The van der Waals surface area contributed by atoms with Gasteiger partial charge in [0, 0.05) is 16.8 Å². The number of rotatable bonds is 6. The molecule has 3 rings (SSSR count). The molecule has 8 heteroatoms. The number of esters is 1. The van der Waals surface area contributed by atoms with Crippen molar-refractivity contribution in [2.75, 3.05) is 5.32 Å². The summed E-state index contributed by atoms with van der Waals surface area (Å²) < 4.78 is 6.50. The van der Waals surface area contributed by atoms with Crippen LogP contribution in [0.3, 0.4) is 0 Å². The van der Waals surface area contributed by atoms with Crippen LogP contribution in [0, 0.1) is 11.3 Å². The number of ether oxygens (including phenoxy) is 1. The van der Waals surface area contributed by atoms with Gasteiger partial charge >= 0.3 is 5.97 Å². The molecule has 1 unspecified atom stereocenters. The Balaban J connectivity index is 1.69. The van der Waals surface area contributed by atoms with E-state index in [2.05, 4.69) is 10.4 Å². The average Bonchev–Trinajstić information content (AvgIpc) is 3.10. The maximum atomic E-state index is 12.6. The highest BCUT2D eigenvalue weighted by Gasteiger charge is 2.23. The maximum Gasteiger partial charge on any atom is 0.343 e. The zero-order valence-electron chi connectivity index (χ0n) is 15.8. The molecule has 1 heterocycles. The monoisotopic (exact) mass is 406 g/mol. The molecule has 29 heavy (non-hydrogen) atoms. The number of aromatic nitrogens is 2. The van der Waals surface area contributed by atoms with Crippen LogP contribution in [0.1, 0.15) is 23.0 Å². The van der Waals surface area contributed by atoms with Gasteiger partial charge in [-0.15, -0.1) is 0 Å². The van der Waals surface area contributed by atoms with Crippen LogP contribution in [0.2, 0.25) is 0 Å². The van der Waals surface area contributed by atoms with Crippen LogP contribution in [0.5, 0.6) is 0 Å². The van der Waals surface area contributed by atoms with Crippen molar-refractivity contribution in [2.45, 2.75) is 22.8 Å². The van der Waals surface area contributed by atoms with Gasteiger partial charge in [0.2, 0.25) is 0 Å². The molecule has 0 bridgehead atoms. The number of nitriles is 1. The third kappa shape index (κ3) is 4.83. The summed E-state index contributed by atoms with van der Waals surface area (Å²) in [5.41, 5.74) is 0.718. The SMILES string of the molecule is CC(OC(=O)c1cnn(C)c1C#N)C(=O)Nc1ccccc1Sc1ccccc1. The predicted octanol–water partition coefficient (Wildman–Crippen LogP) is 3.63. The Morgan fingerprint density at radius 1 is 1.17 bits per heavy atom. The first-order valence-electron chi connectivity index (χ1n) is 8.75. The van der Waals surface area contributed by atoms with Gasteiger partial charge in [-0.25, -0.2) is 4.79 Å². The number of anilines is 1. The highest BCUT2D eigenvalue weighted by Crippen LogP contribution is 2.33. The van der Waals surface area contributed by atoms with E-state index in [-0.39, 0.29) is 11.3 Å². The number of aryl methyl sites for hydroxylation is 1. The second kappa shape index (κ2) is 9.08. The second-order valence-corrected chi connectivity index (χ2v) is 7.21. The molecule has 1 atom stereocenters. The quantitative estimate of drug-likeness (QED) is 0.628. The smallest absolute Gasteiger partial charge is 0.343 e. The minimum absolute atomic E-state index is 0.0229. The summed E-state index contributed by atoms with van der Waals surface area (Å²) in [6.45, 7) is 1.47. The number of amides is 1. The van der Waals surface area contributed by atoms with Crippen LogP contribution in [-0.4, -0.2) is 27.8 Å². The van der Waals surface area contributed by atoms with Crippen molar-refractivity contribution in [1.82, 2.24) is 9.78 Å². The first-order valence-corrected chi connectivity index (χ1v) is 9.57. The third-order valence-corrected chi connectivity index (χ3v) is 5.12. The van der Waals surface area contributed by atoms with E-state index >= 15 is 0 Å². The fourth-order valence-electron chi connectivity index (χ4n) is 2.51. The number of para-hydroxylation sites is 1. The lowest BCUT2D eigenvalue weighted by atomic mass is 10.2. The van der Waals surface area contributed by atoms with Crippen LogP contribution in [-0.2, 0) is 16.6 Å². The molecule has 0 fully saturated rings. The lowest BCUT2D eigenvalue weighted by Crippen LogP contribution is -2.30. The molecule has 2 aromatic carbocycles. The molecule has 0 aliphatic heterocycles. The molecule has 1 amide bonds. The summed E-state index contributed by atoms with van der Waals surface area (Å²) in [6.07, 6.45) is 0.196. The lowest BCUT2D eigenvalue weighted by molar-refractivity contribution is -0.123. The molecule has 0 aliphatic carbocycles. The van der Waals surface area contributed by atoms with Crippen LogP contribution < -0.4 is 5.32 Å². The fourth-order valence-corrected chi connectivity index (χ4v) is 3.43. The van der Waals surface area contributed by atoms with Gasteiger partial charge < -0.3 is 10.1 Å². The van der Waals surface area contributed by atoms with Gasteiger partial charge in [0.25, 0.3) is 5.91 Å². The van der Waals surface area contributed by atoms with E-state index in [0.29, 0.717) is 5.69 Å². The number of hydrogen-bond donors (Lipinski definition) is 1. The molecule has 0 aliphatic rings. The van der Waals surface area contributed by atoms with E-state index in [4.69, 9.17) is 10.00 Å². The number of benzene rings is 2. The van der Waals surface area contributed by atoms with Crippen molar-refractivity contribution >= 4 is 29.3 Å². The Labute approximate surface area is 172 Å².